The summed E-state index contributed by atoms with van der Waals surface area (Å²) in [6, 6.07) is 6.88. The minimum atomic E-state index is -2.92. The number of aryl methyl sites for hydroxylation is 1. The molecule has 2 unspecified atom stereocenters. The summed E-state index contributed by atoms with van der Waals surface area (Å²) in [4.78, 5) is 13.8. The molecule has 2 atom stereocenters. The predicted octanol–water partition coefficient (Wildman–Crippen LogP) is 4.84. The molecular formula is C23H33F2N3O2S. The molecule has 8 heteroatoms. The second kappa shape index (κ2) is 9.14. The number of rotatable bonds is 5. The molecule has 2 aliphatic carbocycles. The largest absolute Gasteiger partial charge is 0.352 e. The van der Waals surface area contributed by atoms with Gasteiger partial charge in [0.1, 0.15) is 16.0 Å². The lowest BCUT2D eigenvalue weighted by atomic mass is 9.92. The van der Waals surface area contributed by atoms with Crippen molar-refractivity contribution in [2.24, 2.45) is 4.36 Å². The number of nitrogens with one attached hydrogen (secondary N) is 1. The molecule has 1 aromatic rings. The molecule has 2 saturated carbocycles. The molecule has 1 saturated heterocycles. The first-order chi connectivity index (χ1) is 14.8. The number of alkyl halides is 2. The van der Waals surface area contributed by atoms with Crippen LogP contribution >= 0.6 is 0 Å². The highest BCUT2D eigenvalue weighted by Gasteiger charge is 2.41. The SMILES string of the molecule is Cc1ccc(S(=O)(=NC2CCCC2)N2CCCC2C(=O)NC2CCC(F)(F)CC2)cc1. The van der Waals surface area contributed by atoms with Gasteiger partial charge in [-0.25, -0.2) is 21.7 Å². The molecule has 3 aliphatic rings. The molecule has 1 amide bonds. The van der Waals surface area contributed by atoms with Crippen molar-refractivity contribution in [1.29, 1.82) is 0 Å². The number of halogens is 2. The number of carbonyl (C=O) groups is 1. The molecule has 0 spiro atoms. The average Bonchev–Trinajstić information content (AvgIpc) is 3.42. The fourth-order valence-electron chi connectivity index (χ4n) is 4.96. The first-order valence-electron chi connectivity index (χ1n) is 11.5. The smallest absolute Gasteiger partial charge is 0.248 e. The summed E-state index contributed by atoms with van der Waals surface area (Å²) in [6.07, 6.45) is 5.61. The monoisotopic (exact) mass is 453 g/mol. The maximum absolute atomic E-state index is 14.4. The van der Waals surface area contributed by atoms with E-state index in [4.69, 9.17) is 4.36 Å². The Bertz CT molecular complexity index is 896. The summed E-state index contributed by atoms with van der Waals surface area (Å²) in [5, 5.41) is 2.97. The minimum absolute atomic E-state index is 0.0543. The zero-order valence-electron chi connectivity index (χ0n) is 18.2. The van der Waals surface area contributed by atoms with Gasteiger partial charge in [0.2, 0.25) is 11.8 Å². The normalized spacial score (nSPS) is 27.1. The Morgan fingerprint density at radius 1 is 1.06 bits per heavy atom. The van der Waals surface area contributed by atoms with Gasteiger partial charge in [0.25, 0.3) is 0 Å². The van der Waals surface area contributed by atoms with Crippen LogP contribution < -0.4 is 5.32 Å². The second-order valence-electron chi connectivity index (χ2n) is 9.29. The van der Waals surface area contributed by atoms with Gasteiger partial charge in [0.05, 0.1) is 10.9 Å². The molecule has 1 N–H and O–H groups in total. The molecular weight excluding hydrogens is 420 g/mol. The van der Waals surface area contributed by atoms with E-state index in [1.807, 2.05) is 31.2 Å². The molecule has 1 aromatic carbocycles. The third kappa shape index (κ3) is 5.11. The molecule has 3 fully saturated rings. The van der Waals surface area contributed by atoms with Crippen LogP contribution in [0.3, 0.4) is 0 Å². The van der Waals surface area contributed by atoms with E-state index in [1.165, 1.54) is 0 Å². The van der Waals surface area contributed by atoms with Gasteiger partial charge in [-0.2, -0.15) is 0 Å². The van der Waals surface area contributed by atoms with Crippen LogP contribution in [0.4, 0.5) is 8.78 Å². The Labute approximate surface area is 184 Å². The molecule has 0 bridgehead atoms. The molecule has 1 aliphatic heterocycles. The Kier molecular flexibility index (Phi) is 6.68. The average molecular weight is 454 g/mol. The van der Waals surface area contributed by atoms with Crippen LogP contribution in [-0.4, -0.2) is 45.0 Å². The molecule has 4 rings (SSSR count). The van der Waals surface area contributed by atoms with E-state index >= 15 is 0 Å². The predicted molar refractivity (Wildman–Crippen MR) is 117 cm³/mol. The highest BCUT2D eigenvalue weighted by Crippen LogP contribution is 2.34. The van der Waals surface area contributed by atoms with E-state index in [2.05, 4.69) is 5.32 Å². The third-order valence-corrected chi connectivity index (χ3v) is 9.38. The van der Waals surface area contributed by atoms with Gasteiger partial charge < -0.3 is 5.32 Å². The van der Waals surface area contributed by atoms with Gasteiger partial charge in [-0.15, -0.1) is 0 Å². The van der Waals surface area contributed by atoms with Gasteiger partial charge >= 0.3 is 0 Å². The van der Waals surface area contributed by atoms with Crippen molar-refractivity contribution in [2.75, 3.05) is 6.54 Å². The fourth-order valence-corrected chi connectivity index (χ4v) is 7.51. The summed E-state index contributed by atoms with van der Waals surface area (Å²) in [5.74, 6) is -2.82. The van der Waals surface area contributed by atoms with Crippen LogP contribution in [0, 0.1) is 6.92 Å². The van der Waals surface area contributed by atoms with Crippen LogP contribution in [0.5, 0.6) is 0 Å². The summed E-state index contributed by atoms with van der Waals surface area (Å²) < 4.78 is 48.0. The van der Waals surface area contributed by atoms with Gasteiger partial charge in [-0.1, -0.05) is 30.5 Å². The van der Waals surface area contributed by atoms with Crippen LogP contribution in [0.1, 0.15) is 69.8 Å². The van der Waals surface area contributed by atoms with Crippen LogP contribution in [0.25, 0.3) is 0 Å². The quantitative estimate of drug-likeness (QED) is 0.694. The second-order valence-corrected chi connectivity index (χ2v) is 11.4. The number of hydrogen-bond acceptors (Lipinski definition) is 3. The van der Waals surface area contributed by atoms with Gasteiger partial charge in [-0.05, 0) is 57.6 Å². The molecule has 31 heavy (non-hydrogen) atoms. The van der Waals surface area contributed by atoms with E-state index in [1.54, 1.807) is 4.31 Å². The maximum Gasteiger partial charge on any atom is 0.248 e. The lowest BCUT2D eigenvalue weighted by molar-refractivity contribution is -0.126. The fraction of sp³-hybridized carbons (Fsp3) is 0.696. The topological polar surface area (TPSA) is 61.8 Å². The van der Waals surface area contributed by atoms with Crippen LogP contribution in [0.15, 0.2) is 33.5 Å². The standard InChI is InChI=1S/C23H33F2N3O2S/c1-17-8-10-20(11-9-17)31(30,27-19-5-2-3-6-19)28-16-4-7-21(28)22(29)26-18-12-14-23(24,25)15-13-18/h8-11,18-19,21H,2-7,12-16H2,1H3,(H,26,29). The summed E-state index contributed by atoms with van der Waals surface area (Å²) >= 11 is 0. The molecule has 0 radical (unpaired) electrons. The van der Waals surface area contributed by atoms with Gasteiger partial charge in [0.15, 0.2) is 0 Å². The highest BCUT2D eigenvalue weighted by atomic mass is 32.2. The van der Waals surface area contributed by atoms with Crippen LogP contribution in [-0.2, 0) is 14.7 Å². The van der Waals surface area contributed by atoms with E-state index in [0.717, 1.165) is 37.7 Å². The number of hydrogen-bond donors (Lipinski definition) is 1. The van der Waals surface area contributed by atoms with E-state index < -0.39 is 21.9 Å². The van der Waals surface area contributed by atoms with E-state index in [-0.39, 0.29) is 43.7 Å². The number of amides is 1. The Morgan fingerprint density at radius 2 is 1.71 bits per heavy atom. The number of benzene rings is 1. The zero-order valence-corrected chi connectivity index (χ0v) is 19.0. The lowest BCUT2D eigenvalue weighted by Crippen LogP contribution is -2.50. The Morgan fingerprint density at radius 3 is 2.35 bits per heavy atom. The minimum Gasteiger partial charge on any atom is -0.352 e. The van der Waals surface area contributed by atoms with E-state index in [0.29, 0.717) is 17.9 Å². The highest BCUT2D eigenvalue weighted by molar-refractivity contribution is 7.91. The van der Waals surface area contributed by atoms with Crippen molar-refractivity contribution >= 4 is 15.8 Å². The van der Waals surface area contributed by atoms with Crippen molar-refractivity contribution in [1.82, 2.24) is 9.62 Å². The maximum atomic E-state index is 14.4. The third-order valence-electron chi connectivity index (χ3n) is 6.83. The summed E-state index contributed by atoms with van der Waals surface area (Å²) in [5.41, 5.74) is 1.08. The van der Waals surface area contributed by atoms with Gasteiger partial charge in [0, 0.05) is 25.4 Å². The summed E-state index contributed by atoms with van der Waals surface area (Å²) in [6.45, 7) is 2.53. The molecule has 172 valence electrons. The number of carbonyl (C=O) groups excluding carboxylic acids is 1. The Hall–Kier alpha value is -1.54. The summed E-state index contributed by atoms with van der Waals surface area (Å²) in [7, 11) is -2.92. The van der Waals surface area contributed by atoms with Crippen molar-refractivity contribution < 1.29 is 17.8 Å². The van der Waals surface area contributed by atoms with Gasteiger partial charge in [-0.3, -0.25) is 4.79 Å². The van der Waals surface area contributed by atoms with E-state index in [9.17, 15) is 17.8 Å². The molecule has 0 aromatic heterocycles. The van der Waals surface area contributed by atoms with Crippen molar-refractivity contribution in [3.8, 4) is 0 Å². The lowest BCUT2D eigenvalue weighted by Gasteiger charge is -2.32. The van der Waals surface area contributed by atoms with Crippen molar-refractivity contribution in [3.63, 3.8) is 0 Å². The van der Waals surface area contributed by atoms with Crippen molar-refractivity contribution in [3.05, 3.63) is 29.8 Å². The Balaban J connectivity index is 1.58. The molecule has 5 nitrogen and oxygen atoms in total. The van der Waals surface area contributed by atoms with Crippen molar-refractivity contribution in [2.45, 2.75) is 100 Å². The first kappa shape index (κ1) is 22.6. The van der Waals surface area contributed by atoms with Crippen LogP contribution in [0.2, 0.25) is 0 Å². The first-order valence-corrected chi connectivity index (χ1v) is 13.0. The number of nitrogens with zero attached hydrogens (tertiary/aromatic N) is 2. The molecule has 1 heterocycles. The zero-order chi connectivity index (χ0) is 22.1.